The van der Waals surface area contributed by atoms with E-state index in [2.05, 4.69) is 0 Å². The molecular weight excluding hydrogens is 326 g/mol. The lowest BCUT2D eigenvalue weighted by molar-refractivity contribution is -0.129. The molecule has 0 spiro atoms. The van der Waals surface area contributed by atoms with Crippen LogP contribution in [0.25, 0.3) is 0 Å². The van der Waals surface area contributed by atoms with Crippen molar-refractivity contribution in [2.24, 2.45) is 0 Å². The number of ether oxygens (including phenoxy) is 2. The van der Waals surface area contributed by atoms with Crippen molar-refractivity contribution in [1.82, 2.24) is 4.90 Å². The minimum Gasteiger partial charge on any atom is -0.486 e. The number of furan rings is 1. The highest BCUT2D eigenvalue weighted by molar-refractivity contribution is 5.88. The van der Waals surface area contributed by atoms with E-state index in [-0.39, 0.29) is 24.4 Å². The summed E-state index contributed by atoms with van der Waals surface area (Å²) in [7, 11) is 1.65. The highest BCUT2D eigenvalue weighted by Crippen LogP contribution is 2.31. The fraction of sp³-hybridized carbons (Fsp3) is 0.333. The Morgan fingerprint density at radius 2 is 1.88 bits per heavy atom. The minimum atomic E-state index is -1.04. The maximum absolute atomic E-state index is 12.4. The van der Waals surface area contributed by atoms with Gasteiger partial charge in [-0.15, -0.1) is 0 Å². The number of hydrogen-bond donors (Lipinski definition) is 1. The zero-order chi connectivity index (χ0) is 18.0. The second-order valence-electron chi connectivity index (χ2n) is 5.89. The normalized spacial score (nSPS) is 12.7. The van der Waals surface area contributed by atoms with Gasteiger partial charge in [0.2, 0.25) is 5.91 Å². The average Bonchev–Trinajstić information content (AvgIpc) is 2.95. The summed E-state index contributed by atoms with van der Waals surface area (Å²) in [5.41, 5.74) is 0.936. The summed E-state index contributed by atoms with van der Waals surface area (Å²) >= 11 is 0. The van der Waals surface area contributed by atoms with E-state index in [1.165, 1.54) is 11.0 Å². The van der Waals surface area contributed by atoms with Crippen LogP contribution >= 0.6 is 0 Å². The van der Waals surface area contributed by atoms with Gasteiger partial charge in [0.25, 0.3) is 0 Å². The zero-order valence-electron chi connectivity index (χ0n) is 14.1. The third-order valence-electron chi connectivity index (χ3n) is 3.98. The van der Waals surface area contributed by atoms with Crippen molar-refractivity contribution in [3.8, 4) is 11.5 Å². The van der Waals surface area contributed by atoms with Gasteiger partial charge in [0.15, 0.2) is 11.5 Å². The van der Waals surface area contributed by atoms with Crippen LogP contribution in [0.3, 0.4) is 0 Å². The fourth-order valence-corrected chi connectivity index (χ4v) is 2.66. The molecule has 0 bridgehead atoms. The average molecular weight is 345 g/mol. The van der Waals surface area contributed by atoms with Crippen LogP contribution in [0.15, 0.2) is 28.7 Å². The molecule has 0 atom stereocenters. The highest BCUT2D eigenvalue weighted by atomic mass is 16.6. The number of amides is 1. The lowest BCUT2D eigenvalue weighted by atomic mass is 10.1. The molecule has 0 saturated carbocycles. The van der Waals surface area contributed by atoms with Gasteiger partial charge in [0, 0.05) is 7.05 Å². The Balaban J connectivity index is 1.64. The molecule has 1 aromatic heterocycles. The lowest BCUT2D eigenvalue weighted by Crippen LogP contribution is -2.27. The van der Waals surface area contributed by atoms with Crippen molar-refractivity contribution in [3.63, 3.8) is 0 Å². The van der Waals surface area contributed by atoms with E-state index in [9.17, 15) is 9.59 Å². The highest BCUT2D eigenvalue weighted by Gasteiger charge is 2.18. The van der Waals surface area contributed by atoms with Crippen molar-refractivity contribution in [2.75, 3.05) is 20.3 Å². The maximum atomic E-state index is 12.4. The fourth-order valence-electron chi connectivity index (χ4n) is 2.66. The SMILES string of the molecule is Cc1oc(CN(C)C(=O)Cc2ccc3c(c2)OCCO3)cc1C(=O)O. The molecule has 0 fully saturated rings. The summed E-state index contributed by atoms with van der Waals surface area (Å²) in [6.45, 7) is 2.81. The summed E-state index contributed by atoms with van der Waals surface area (Å²) in [6.07, 6.45) is 0.207. The van der Waals surface area contributed by atoms with Gasteiger partial charge in [-0.05, 0) is 30.7 Å². The number of carboxylic acids is 1. The van der Waals surface area contributed by atoms with Crippen molar-refractivity contribution in [3.05, 3.63) is 46.9 Å². The van der Waals surface area contributed by atoms with Crippen LogP contribution in [-0.4, -0.2) is 42.1 Å². The quantitative estimate of drug-likeness (QED) is 0.894. The van der Waals surface area contributed by atoms with Crippen LogP contribution in [-0.2, 0) is 17.8 Å². The Kier molecular flexibility index (Phi) is 4.65. The topological polar surface area (TPSA) is 89.2 Å². The third kappa shape index (κ3) is 3.76. The molecule has 2 heterocycles. The number of aryl methyl sites for hydroxylation is 1. The molecule has 0 saturated heterocycles. The summed E-state index contributed by atoms with van der Waals surface area (Å²) in [5.74, 6) is 0.943. The molecule has 2 aromatic rings. The smallest absolute Gasteiger partial charge is 0.339 e. The third-order valence-corrected chi connectivity index (χ3v) is 3.98. The standard InChI is InChI=1S/C18H19NO6/c1-11-14(18(21)22)9-13(25-11)10-19(2)17(20)8-12-3-4-15-16(7-12)24-6-5-23-15/h3-4,7,9H,5-6,8,10H2,1-2H3,(H,21,22). The number of carbonyl (C=O) groups is 2. The lowest BCUT2D eigenvalue weighted by Gasteiger charge is -2.20. The number of likely N-dealkylation sites (N-methyl/N-ethyl adjacent to an activating group) is 1. The van der Waals surface area contributed by atoms with E-state index in [0.29, 0.717) is 36.2 Å². The van der Waals surface area contributed by atoms with Crippen molar-refractivity contribution >= 4 is 11.9 Å². The second kappa shape index (κ2) is 6.88. The van der Waals surface area contributed by atoms with Gasteiger partial charge < -0.3 is 23.9 Å². The molecule has 1 amide bonds. The maximum Gasteiger partial charge on any atom is 0.339 e. The molecule has 7 heteroatoms. The van der Waals surface area contributed by atoms with Crippen molar-refractivity contribution in [2.45, 2.75) is 19.9 Å². The first-order chi connectivity index (χ1) is 11.9. The molecule has 0 unspecified atom stereocenters. The Bertz CT molecular complexity index is 810. The van der Waals surface area contributed by atoms with Gasteiger partial charge in [-0.3, -0.25) is 4.79 Å². The van der Waals surface area contributed by atoms with E-state index >= 15 is 0 Å². The predicted octanol–water partition coefficient (Wildman–Crippen LogP) is 2.26. The number of rotatable bonds is 5. The van der Waals surface area contributed by atoms with E-state index < -0.39 is 5.97 Å². The van der Waals surface area contributed by atoms with E-state index in [4.69, 9.17) is 19.0 Å². The first-order valence-corrected chi connectivity index (χ1v) is 7.89. The molecule has 1 N–H and O–H groups in total. The van der Waals surface area contributed by atoms with Gasteiger partial charge in [-0.1, -0.05) is 6.07 Å². The molecule has 7 nitrogen and oxygen atoms in total. The molecule has 0 radical (unpaired) electrons. The predicted molar refractivity (Wildman–Crippen MR) is 88.0 cm³/mol. The minimum absolute atomic E-state index is 0.109. The van der Waals surface area contributed by atoms with Gasteiger partial charge in [0.05, 0.1) is 13.0 Å². The number of nitrogens with zero attached hydrogens (tertiary/aromatic N) is 1. The Hall–Kier alpha value is -2.96. The van der Waals surface area contributed by atoms with Crippen molar-refractivity contribution in [1.29, 1.82) is 0 Å². The Morgan fingerprint density at radius 1 is 1.16 bits per heavy atom. The zero-order valence-corrected chi connectivity index (χ0v) is 14.1. The van der Waals surface area contributed by atoms with Crippen LogP contribution in [0.2, 0.25) is 0 Å². The number of benzene rings is 1. The summed E-state index contributed by atoms with van der Waals surface area (Å²) < 4.78 is 16.4. The van der Waals surface area contributed by atoms with E-state index in [0.717, 1.165) is 5.56 Å². The molecular formula is C18H19NO6. The first kappa shape index (κ1) is 16.9. The Morgan fingerprint density at radius 3 is 2.56 bits per heavy atom. The monoisotopic (exact) mass is 345 g/mol. The molecule has 1 aromatic carbocycles. The number of hydrogen-bond acceptors (Lipinski definition) is 5. The largest absolute Gasteiger partial charge is 0.486 e. The van der Waals surface area contributed by atoms with Gasteiger partial charge in [-0.25, -0.2) is 4.79 Å². The molecule has 0 aliphatic carbocycles. The van der Waals surface area contributed by atoms with Crippen LogP contribution in [0.1, 0.15) is 27.4 Å². The van der Waals surface area contributed by atoms with Crippen LogP contribution in [0, 0.1) is 6.92 Å². The van der Waals surface area contributed by atoms with Crippen LogP contribution < -0.4 is 9.47 Å². The van der Waals surface area contributed by atoms with E-state index in [1.54, 1.807) is 26.1 Å². The Labute approximate surface area is 144 Å². The van der Waals surface area contributed by atoms with Gasteiger partial charge in [0.1, 0.15) is 30.3 Å². The number of carboxylic acid groups (broad SMARTS) is 1. The number of fused-ring (bicyclic) bond motifs is 1. The molecule has 132 valence electrons. The van der Waals surface area contributed by atoms with Crippen molar-refractivity contribution < 1.29 is 28.6 Å². The van der Waals surface area contributed by atoms with Crippen LogP contribution in [0.4, 0.5) is 0 Å². The summed E-state index contributed by atoms with van der Waals surface area (Å²) in [5, 5.41) is 9.05. The van der Waals surface area contributed by atoms with Gasteiger partial charge in [-0.2, -0.15) is 0 Å². The molecule has 1 aliphatic rings. The molecule has 3 rings (SSSR count). The van der Waals surface area contributed by atoms with Crippen LogP contribution in [0.5, 0.6) is 11.5 Å². The number of aromatic carboxylic acids is 1. The molecule has 25 heavy (non-hydrogen) atoms. The second-order valence-corrected chi connectivity index (χ2v) is 5.89. The van der Waals surface area contributed by atoms with Gasteiger partial charge >= 0.3 is 5.97 Å². The first-order valence-electron chi connectivity index (χ1n) is 7.89. The number of carbonyl (C=O) groups excluding carboxylic acids is 1. The summed E-state index contributed by atoms with van der Waals surface area (Å²) in [6, 6.07) is 6.89. The summed E-state index contributed by atoms with van der Waals surface area (Å²) in [4.78, 5) is 25.0. The van der Waals surface area contributed by atoms with E-state index in [1.807, 2.05) is 6.07 Å². The molecule has 1 aliphatic heterocycles.